The van der Waals surface area contributed by atoms with Crippen LogP contribution in [-0.4, -0.2) is 41.8 Å². The highest BCUT2D eigenvalue weighted by Crippen LogP contribution is 2.44. The second-order valence-corrected chi connectivity index (χ2v) is 8.29. The summed E-state index contributed by atoms with van der Waals surface area (Å²) >= 11 is 0. The number of ether oxygens (including phenoxy) is 1. The lowest BCUT2D eigenvalue weighted by Crippen LogP contribution is -2.57. The van der Waals surface area contributed by atoms with Gasteiger partial charge in [0.15, 0.2) is 0 Å². The number of carbonyl (C=O) groups excluding carboxylic acids is 2. The van der Waals surface area contributed by atoms with Gasteiger partial charge in [0.2, 0.25) is 5.91 Å². The van der Waals surface area contributed by atoms with Crippen molar-refractivity contribution >= 4 is 18.0 Å². The van der Waals surface area contributed by atoms with E-state index < -0.39 is 29.4 Å². The van der Waals surface area contributed by atoms with Crippen LogP contribution < -0.4 is 10.6 Å². The first-order valence-corrected chi connectivity index (χ1v) is 10.9. The summed E-state index contributed by atoms with van der Waals surface area (Å²) in [7, 11) is 0. The smallest absolute Gasteiger partial charge is 0.408 e. The number of amides is 2. The van der Waals surface area contributed by atoms with Crippen LogP contribution in [0.2, 0.25) is 0 Å². The van der Waals surface area contributed by atoms with Crippen LogP contribution in [0.25, 0.3) is 11.1 Å². The van der Waals surface area contributed by atoms with Gasteiger partial charge >= 0.3 is 12.1 Å². The minimum atomic E-state index is -1.21. The summed E-state index contributed by atoms with van der Waals surface area (Å²) in [6.07, 6.45) is 0.0437. The number of rotatable bonds is 9. The fourth-order valence-corrected chi connectivity index (χ4v) is 3.98. The van der Waals surface area contributed by atoms with Crippen molar-refractivity contribution in [2.24, 2.45) is 5.92 Å². The molecule has 0 radical (unpaired) electrons. The SMILES string of the molecule is CCC(CNC(=O)C(C)(CC)NC(=O)OCC1c2ccccc2-c2ccccc21)C(=O)O. The molecule has 2 aromatic carbocycles. The fourth-order valence-electron chi connectivity index (χ4n) is 3.98. The Kier molecular flexibility index (Phi) is 7.18. The van der Waals surface area contributed by atoms with Gasteiger partial charge in [-0.25, -0.2) is 4.79 Å². The van der Waals surface area contributed by atoms with Crippen molar-refractivity contribution in [3.05, 3.63) is 59.7 Å². The third-order valence-corrected chi connectivity index (χ3v) is 6.28. The maximum absolute atomic E-state index is 12.7. The van der Waals surface area contributed by atoms with Gasteiger partial charge < -0.3 is 20.5 Å². The third-order valence-electron chi connectivity index (χ3n) is 6.28. The average molecular weight is 439 g/mol. The molecule has 0 saturated heterocycles. The first-order valence-electron chi connectivity index (χ1n) is 10.9. The van der Waals surface area contributed by atoms with Crippen molar-refractivity contribution < 1.29 is 24.2 Å². The van der Waals surface area contributed by atoms with Crippen molar-refractivity contribution in [2.75, 3.05) is 13.2 Å². The molecule has 7 heteroatoms. The standard InChI is InChI=1S/C25H30N2O5/c1-4-16(22(28)29)14-26-23(30)25(3,5-2)27-24(31)32-15-21-19-12-8-6-10-17(19)18-11-7-9-13-20(18)21/h6-13,16,21H,4-5,14-15H2,1-3H3,(H,26,30)(H,27,31)(H,28,29). The van der Waals surface area contributed by atoms with Gasteiger partial charge in [0.25, 0.3) is 0 Å². The minimum absolute atomic E-state index is 0.00657. The number of carboxylic acids is 1. The lowest BCUT2D eigenvalue weighted by Gasteiger charge is -2.28. The van der Waals surface area contributed by atoms with Crippen molar-refractivity contribution in [1.82, 2.24) is 10.6 Å². The van der Waals surface area contributed by atoms with Crippen LogP contribution >= 0.6 is 0 Å². The van der Waals surface area contributed by atoms with E-state index in [9.17, 15) is 14.4 Å². The molecule has 3 N–H and O–H groups in total. The predicted molar refractivity (Wildman–Crippen MR) is 121 cm³/mol. The van der Waals surface area contributed by atoms with E-state index in [0.717, 1.165) is 22.3 Å². The van der Waals surface area contributed by atoms with E-state index in [4.69, 9.17) is 9.84 Å². The molecular weight excluding hydrogens is 408 g/mol. The number of carboxylic acid groups (broad SMARTS) is 1. The number of fused-ring (bicyclic) bond motifs is 3. The molecule has 0 saturated carbocycles. The van der Waals surface area contributed by atoms with Gasteiger partial charge in [0.1, 0.15) is 12.1 Å². The Bertz CT molecular complexity index is 960. The van der Waals surface area contributed by atoms with Gasteiger partial charge in [-0.3, -0.25) is 9.59 Å². The summed E-state index contributed by atoms with van der Waals surface area (Å²) in [5, 5.41) is 14.5. The van der Waals surface area contributed by atoms with Gasteiger partial charge in [-0.2, -0.15) is 0 Å². The molecular formula is C25H30N2O5. The quantitative estimate of drug-likeness (QED) is 0.550. The number of carbonyl (C=O) groups is 3. The lowest BCUT2D eigenvalue weighted by molar-refractivity contribution is -0.141. The van der Waals surface area contributed by atoms with E-state index >= 15 is 0 Å². The molecule has 3 rings (SSSR count). The number of aliphatic carboxylic acids is 1. The number of alkyl carbamates (subject to hydrolysis) is 1. The molecule has 0 spiro atoms. The minimum Gasteiger partial charge on any atom is -0.481 e. The van der Waals surface area contributed by atoms with Crippen molar-refractivity contribution in [2.45, 2.75) is 45.1 Å². The summed E-state index contributed by atoms with van der Waals surface area (Å²) in [6.45, 7) is 5.28. The Morgan fingerprint density at radius 1 is 1.03 bits per heavy atom. The van der Waals surface area contributed by atoms with Crippen LogP contribution in [0, 0.1) is 5.92 Å². The molecule has 0 aromatic heterocycles. The van der Waals surface area contributed by atoms with E-state index in [1.807, 2.05) is 36.4 Å². The van der Waals surface area contributed by atoms with E-state index in [2.05, 4.69) is 22.8 Å². The Morgan fingerprint density at radius 2 is 1.59 bits per heavy atom. The van der Waals surface area contributed by atoms with E-state index in [1.165, 1.54) is 0 Å². The molecule has 170 valence electrons. The molecule has 0 fully saturated rings. The van der Waals surface area contributed by atoms with Gasteiger partial charge in [-0.05, 0) is 42.0 Å². The van der Waals surface area contributed by atoms with Crippen LogP contribution in [0.1, 0.15) is 50.7 Å². The number of hydrogen-bond donors (Lipinski definition) is 3. The molecule has 2 atom stereocenters. The molecule has 0 bridgehead atoms. The molecule has 2 amide bonds. The fraction of sp³-hybridized carbons (Fsp3) is 0.400. The summed E-state index contributed by atoms with van der Waals surface area (Å²) in [4.78, 5) is 36.5. The molecule has 0 aliphatic heterocycles. The Hall–Kier alpha value is -3.35. The number of hydrogen-bond acceptors (Lipinski definition) is 4. The zero-order chi connectivity index (χ0) is 23.3. The summed E-state index contributed by atoms with van der Waals surface area (Å²) < 4.78 is 5.55. The molecule has 2 aromatic rings. The highest BCUT2D eigenvalue weighted by molar-refractivity contribution is 5.90. The third kappa shape index (κ3) is 4.77. The Balaban J connectivity index is 1.63. The normalized spacial score (nSPS) is 15.1. The molecule has 32 heavy (non-hydrogen) atoms. The Labute approximate surface area is 188 Å². The van der Waals surface area contributed by atoms with Crippen molar-refractivity contribution in [1.29, 1.82) is 0 Å². The Morgan fingerprint density at radius 3 is 2.09 bits per heavy atom. The average Bonchev–Trinajstić information content (AvgIpc) is 3.11. The molecule has 1 aliphatic rings. The summed E-state index contributed by atoms with van der Waals surface area (Å²) in [6, 6.07) is 16.1. The summed E-state index contributed by atoms with van der Waals surface area (Å²) in [5.41, 5.74) is 3.28. The van der Waals surface area contributed by atoms with Crippen molar-refractivity contribution in [3.8, 4) is 11.1 Å². The van der Waals surface area contributed by atoms with Crippen molar-refractivity contribution in [3.63, 3.8) is 0 Å². The van der Waals surface area contributed by atoms with Gasteiger partial charge in [0, 0.05) is 12.5 Å². The molecule has 7 nitrogen and oxygen atoms in total. The maximum atomic E-state index is 12.7. The first-order chi connectivity index (χ1) is 15.3. The van der Waals surface area contributed by atoms with Gasteiger partial charge in [-0.15, -0.1) is 0 Å². The van der Waals surface area contributed by atoms with Crippen LogP contribution in [0.5, 0.6) is 0 Å². The van der Waals surface area contributed by atoms with Gasteiger partial charge in [0.05, 0.1) is 5.92 Å². The van der Waals surface area contributed by atoms with Crippen LogP contribution in [-0.2, 0) is 14.3 Å². The molecule has 1 aliphatic carbocycles. The second-order valence-electron chi connectivity index (χ2n) is 8.29. The monoisotopic (exact) mass is 438 g/mol. The van der Waals surface area contributed by atoms with Crippen LogP contribution in [0.4, 0.5) is 4.79 Å². The number of nitrogens with one attached hydrogen (secondary N) is 2. The summed E-state index contributed by atoms with van der Waals surface area (Å²) in [5.74, 6) is -2.14. The highest BCUT2D eigenvalue weighted by Gasteiger charge is 2.35. The zero-order valence-electron chi connectivity index (χ0n) is 18.7. The van der Waals surface area contributed by atoms with E-state index in [0.29, 0.717) is 12.8 Å². The number of benzene rings is 2. The van der Waals surface area contributed by atoms with E-state index in [1.54, 1.807) is 20.8 Å². The van der Waals surface area contributed by atoms with Crippen LogP contribution in [0.3, 0.4) is 0 Å². The zero-order valence-corrected chi connectivity index (χ0v) is 18.7. The van der Waals surface area contributed by atoms with E-state index in [-0.39, 0.29) is 19.1 Å². The predicted octanol–water partition coefficient (Wildman–Crippen LogP) is 3.92. The highest BCUT2D eigenvalue weighted by atomic mass is 16.5. The topological polar surface area (TPSA) is 105 Å². The molecule has 0 heterocycles. The first kappa shape index (κ1) is 23.3. The second kappa shape index (κ2) is 9.85. The van der Waals surface area contributed by atoms with Crippen LogP contribution in [0.15, 0.2) is 48.5 Å². The maximum Gasteiger partial charge on any atom is 0.408 e. The molecule has 2 unspecified atom stereocenters. The van der Waals surface area contributed by atoms with Gasteiger partial charge in [-0.1, -0.05) is 62.4 Å². The lowest BCUT2D eigenvalue weighted by atomic mass is 9.97. The largest absolute Gasteiger partial charge is 0.481 e.